The number of hydrogen-bond acceptors (Lipinski definition) is 1. The van der Waals surface area contributed by atoms with Crippen molar-refractivity contribution in [2.75, 3.05) is 0 Å². The van der Waals surface area contributed by atoms with Crippen molar-refractivity contribution < 1.29 is 5.11 Å². The van der Waals surface area contributed by atoms with Crippen LogP contribution >= 0.6 is 61.1 Å². The third kappa shape index (κ3) is 1.76. The zero-order chi connectivity index (χ0) is 7.72. The third-order valence-electron chi connectivity index (χ3n) is 1.02. The van der Waals surface area contributed by atoms with E-state index >= 15 is 0 Å². The van der Waals surface area contributed by atoms with Gasteiger partial charge in [0.15, 0.2) is 0 Å². The highest BCUT2D eigenvalue weighted by Crippen LogP contribution is 2.31. The SMILES string of the molecule is Oc1c(I)ccc(Br)c1I. The molecule has 0 heterocycles. The molecule has 0 bridgehead atoms. The van der Waals surface area contributed by atoms with Gasteiger partial charge in [0.1, 0.15) is 5.75 Å². The molecule has 0 aliphatic heterocycles. The van der Waals surface area contributed by atoms with E-state index in [1.54, 1.807) is 0 Å². The molecule has 1 aromatic rings. The number of phenols is 1. The molecule has 1 aromatic carbocycles. The summed E-state index contributed by atoms with van der Waals surface area (Å²) in [4.78, 5) is 0. The van der Waals surface area contributed by atoms with Crippen LogP contribution in [-0.4, -0.2) is 5.11 Å². The lowest BCUT2D eigenvalue weighted by atomic mass is 10.3. The van der Waals surface area contributed by atoms with Crippen LogP contribution in [0.25, 0.3) is 0 Å². The Kier molecular flexibility index (Phi) is 3.23. The number of halogens is 3. The second-order valence-corrected chi connectivity index (χ2v) is 4.79. The smallest absolute Gasteiger partial charge is 0.143 e. The summed E-state index contributed by atoms with van der Waals surface area (Å²) < 4.78 is 2.68. The Balaban J connectivity index is 3.34. The van der Waals surface area contributed by atoms with Gasteiger partial charge in [0.2, 0.25) is 0 Å². The van der Waals surface area contributed by atoms with Crippen molar-refractivity contribution in [1.29, 1.82) is 0 Å². The van der Waals surface area contributed by atoms with Gasteiger partial charge in [-0.3, -0.25) is 0 Å². The van der Waals surface area contributed by atoms with Crippen LogP contribution in [0.15, 0.2) is 16.6 Å². The summed E-state index contributed by atoms with van der Waals surface area (Å²) >= 11 is 7.49. The molecule has 1 N–H and O–H groups in total. The summed E-state index contributed by atoms with van der Waals surface area (Å²) in [5.41, 5.74) is 0. The Morgan fingerprint density at radius 3 is 2.40 bits per heavy atom. The minimum absolute atomic E-state index is 0.357. The molecule has 10 heavy (non-hydrogen) atoms. The fourth-order valence-corrected chi connectivity index (χ4v) is 2.27. The molecule has 0 saturated heterocycles. The van der Waals surface area contributed by atoms with Crippen LogP contribution in [0.4, 0.5) is 0 Å². The maximum absolute atomic E-state index is 9.34. The van der Waals surface area contributed by atoms with Crippen LogP contribution < -0.4 is 0 Å². The second-order valence-electron chi connectivity index (χ2n) is 1.69. The molecular formula is C6H3BrI2O. The van der Waals surface area contributed by atoms with E-state index in [1.165, 1.54) is 0 Å². The van der Waals surface area contributed by atoms with Gasteiger partial charge in [-0.05, 0) is 73.2 Å². The van der Waals surface area contributed by atoms with Crippen LogP contribution in [0.1, 0.15) is 0 Å². The quantitative estimate of drug-likeness (QED) is 0.500. The van der Waals surface area contributed by atoms with Crippen molar-refractivity contribution in [3.05, 3.63) is 23.7 Å². The first kappa shape index (κ1) is 9.05. The standard InChI is InChI=1S/C6H3BrI2O/c7-3-1-2-4(8)6(10)5(3)9/h1-2,10H. The summed E-state index contributed by atoms with van der Waals surface area (Å²) in [6.07, 6.45) is 0. The van der Waals surface area contributed by atoms with Crippen molar-refractivity contribution in [1.82, 2.24) is 0 Å². The van der Waals surface area contributed by atoms with Gasteiger partial charge in [0.05, 0.1) is 7.14 Å². The van der Waals surface area contributed by atoms with Gasteiger partial charge in [-0.1, -0.05) is 0 Å². The van der Waals surface area contributed by atoms with Gasteiger partial charge in [-0.25, -0.2) is 0 Å². The molecule has 0 aromatic heterocycles. The molecular weight excluding hydrogens is 422 g/mol. The fraction of sp³-hybridized carbons (Fsp3) is 0. The van der Waals surface area contributed by atoms with Gasteiger partial charge in [0, 0.05) is 4.47 Å². The summed E-state index contributed by atoms with van der Waals surface area (Å²) in [7, 11) is 0. The normalized spacial score (nSPS) is 9.90. The van der Waals surface area contributed by atoms with Gasteiger partial charge in [-0.2, -0.15) is 0 Å². The molecule has 1 nitrogen and oxygen atoms in total. The number of phenolic OH excluding ortho intramolecular Hbond substituents is 1. The zero-order valence-electron chi connectivity index (χ0n) is 4.74. The minimum atomic E-state index is 0.357. The first-order valence-corrected chi connectivity index (χ1v) is 5.40. The van der Waals surface area contributed by atoms with Gasteiger partial charge >= 0.3 is 0 Å². The summed E-state index contributed by atoms with van der Waals surface area (Å²) in [6.45, 7) is 0. The fourth-order valence-electron chi connectivity index (χ4n) is 0.516. The molecule has 0 radical (unpaired) electrons. The van der Waals surface area contributed by atoms with Gasteiger partial charge < -0.3 is 5.11 Å². The molecule has 0 unspecified atom stereocenters. The van der Waals surface area contributed by atoms with E-state index in [0.29, 0.717) is 5.75 Å². The number of benzene rings is 1. The van der Waals surface area contributed by atoms with Crippen LogP contribution in [0.5, 0.6) is 5.75 Å². The average molecular weight is 425 g/mol. The van der Waals surface area contributed by atoms with E-state index in [9.17, 15) is 5.11 Å². The predicted octanol–water partition coefficient (Wildman–Crippen LogP) is 3.36. The van der Waals surface area contributed by atoms with Crippen molar-refractivity contribution >= 4 is 61.1 Å². The van der Waals surface area contributed by atoms with E-state index in [1.807, 2.05) is 12.1 Å². The lowest BCUT2D eigenvalue weighted by molar-refractivity contribution is 0.467. The number of rotatable bonds is 0. The Bertz CT molecular complexity index is 235. The third-order valence-corrected chi connectivity index (χ3v) is 4.38. The topological polar surface area (TPSA) is 20.2 Å². The highest BCUT2D eigenvalue weighted by molar-refractivity contribution is 14.1. The highest BCUT2D eigenvalue weighted by Gasteiger charge is 2.04. The van der Waals surface area contributed by atoms with E-state index < -0.39 is 0 Å². The largest absolute Gasteiger partial charge is 0.506 e. The van der Waals surface area contributed by atoms with Crippen LogP contribution in [0.2, 0.25) is 0 Å². The Hall–Kier alpha value is 0.960. The lowest BCUT2D eigenvalue weighted by Crippen LogP contribution is -1.79. The van der Waals surface area contributed by atoms with Crippen molar-refractivity contribution in [2.24, 2.45) is 0 Å². The summed E-state index contributed by atoms with van der Waals surface area (Å²) in [6, 6.07) is 3.78. The second kappa shape index (κ2) is 3.57. The van der Waals surface area contributed by atoms with E-state index in [-0.39, 0.29) is 0 Å². The molecule has 0 fully saturated rings. The van der Waals surface area contributed by atoms with Crippen molar-refractivity contribution in [3.63, 3.8) is 0 Å². The molecule has 0 saturated carbocycles. The molecule has 0 atom stereocenters. The van der Waals surface area contributed by atoms with Crippen LogP contribution in [0.3, 0.4) is 0 Å². The first-order valence-electron chi connectivity index (χ1n) is 2.45. The van der Waals surface area contributed by atoms with Crippen molar-refractivity contribution in [3.8, 4) is 5.75 Å². The van der Waals surface area contributed by atoms with Crippen LogP contribution in [-0.2, 0) is 0 Å². The predicted molar refractivity (Wildman–Crippen MR) is 61.2 cm³/mol. The molecule has 0 aliphatic rings. The molecule has 0 aliphatic carbocycles. The Morgan fingerprint density at radius 1 is 1.30 bits per heavy atom. The van der Waals surface area contributed by atoms with Crippen LogP contribution in [0, 0.1) is 7.14 Å². The van der Waals surface area contributed by atoms with Crippen molar-refractivity contribution in [2.45, 2.75) is 0 Å². The first-order chi connectivity index (χ1) is 4.63. The molecule has 0 amide bonds. The van der Waals surface area contributed by atoms with E-state index in [0.717, 1.165) is 11.6 Å². The van der Waals surface area contributed by atoms with Gasteiger partial charge in [0.25, 0.3) is 0 Å². The lowest BCUT2D eigenvalue weighted by Gasteiger charge is -2.00. The minimum Gasteiger partial charge on any atom is -0.506 e. The van der Waals surface area contributed by atoms with E-state index in [4.69, 9.17) is 0 Å². The van der Waals surface area contributed by atoms with Gasteiger partial charge in [-0.15, -0.1) is 0 Å². The molecule has 54 valence electrons. The summed E-state index contributed by atoms with van der Waals surface area (Å²) in [5, 5.41) is 9.34. The molecule has 1 rings (SSSR count). The number of aromatic hydroxyl groups is 1. The zero-order valence-corrected chi connectivity index (χ0v) is 10.6. The average Bonchev–Trinajstić information content (AvgIpc) is 1.93. The monoisotopic (exact) mass is 424 g/mol. The van der Waals surface area contributed by atoms with E-state index in [2.05, 4.69) is 61.1 Å². The summed E-state index contributed by atoms with van der Waals surface area (Å²) in [5.74, 6) is 0.357. The maximum Gasteiger partial charge on any atom is 0.143 e. The maximum atomic E-state index is 9.34. The Labute approximate surface area is 94.6 Å². The Morgan fingerprint density at radius 2 is 1.90 bits per heavy atom. The molecule has 0 spiro atoms. The highest BCUT2D eigenvalue weighted by atomic mass is 127. The molecule has 4 heteroatoms. The number of hydrogen-bond donors (Lipinski definition) is 1.